The molecule has 0 aliphatic heterocycles. The fraction of sp³-hybridized carbons (Fsp3) is 1.00. The third-order valence-corrected chi connectivity index (χ3v) is 2.04. The van der Waals surface area contributed by atoms with Gasteiger partial charge in [-0.15, -0.1) is 0 Å². The summed E-state index contributed by atoms with van der Waals surface area (Å²) in [7, 11) is 0. The first-order valence-electron chi connectivity index (χ1n) is 6.92. The van der Waals surface area contributed by atoms with Crippen LogP contribution in [0.25, 0.3) is 0 Å². The topological polar surface area (TPSA) is 36.1 Å². The second-order valence-corrected chi connectivity index (χ2v) is 3.96. The van der Waals surface area contributed by atoms with Gasteiger partial charge in [-0.1, -0.05) is 41.0 Å². The van der Waals surface area contributed by atoms with Gasteiger partial charge < -0.3 is 16.0 Å². The average molecular weight is 244 g/mol. The molecule has 16 heavy (non-hydrogen) atoms. The molecule has 0 aromatic carbocycles. The summed E-state index contributed by atoms with van der Waals surface area (Å²) in [6, 6.07) is 0.597. The first kappa shape index (κ1) is 18.3. The Morgan fingerprint density at radius 1 is 0.875 bits per heavy atom. The monoisotopic (exact) mass is 243 g/mol. The zero-order valence-corrected chi connectivity index (χ0v) is 12.0. The Morgan fingerprint density at radius 3 is 1.88 bits per heavy atom. The summed E-state index contributed by atoms with van der Waals surface area (Å²) in [5.74, 6) is 0. The van der Waals surface area contributed by atoms with Crippen LogP contribution in [0.5, 0.6) is 0 Å². The molecule has 0 rings (SSSR count). The predicted octanol–water partition coefficient (Wildman–Crippen LogP) is 3.47. The number of unbranched alkanes of at least 4 members (excludes halogenated alkanes) is 1. The summed E-state index contributed by atoms with van der Waals surface area (Å²) >= 11 is 0. The minimum absolute atomic E-state index is 0. The molecular formula is C13H45N3. The highest BCUT2D eigenvalue weighted by molar-refractivity contribution is 4.56. The molecule has 0 spiro atoms. The van der Waals surface area contributed by atoms with Gasteiger partial charge in [0.05, 0.1) is 0 Å². The molecule has 0 atom stereocenters. The molecule has 0 fully saturated rings. The molecule has 0 aliphatic rings. The van der Waals surface area contributed by atoms with Crippen molar-refractivity contribution in [2.24, 2.45) is 0 Å². The van der Waals surface area contributed by atoms with Crippen LogP contribution in [0, 0.1) is 0 Å². The van der Waals surface area contributed by atoms with Gasteiger partial charge in [0, 0.05) is 40.8 Å². The maximum absolute atomic E-state index is 3.40. The van der Waals surface area contributed by atoms with Crippen LogP contribution in [0.3, 0.4) is 0 Å². The molecule has 0 unspecified atom stereocenters. The van der Waals surface area contributed by atoms with E-state index in [4.69, 9.17) is 0 Å². The van der Waals surface area contributed by atoms with E-state index in [0.717, 1.165) is 32.7 Å². The summed E-state index contributed by atoms with van der Waals surface area (Å²) in [5.41, 5.74) is 0. The number of rotatable bonds is 10. The van der Waals surface area contributed by atoms with E-state index in [1.807, 2.05) is 13.8 Å². The Morgan fingerprint density at radius 2 is 1.38 bits per heavy atom. The third-order valence-electron chi connectivity index (χ3n) is 2.04. The molecule has 112 valence electrons. The Hall–Kier alpha value is -0.120. The normalized spacial score (nSPS) is 10.1. The van der Waals surface area contributed by atoms with Crippen LogP contribution in [-0.4, -0.2) is 38.8 Å². The van der Waals surface area contributed by atoms with Gasteiger partial charge in [-0.05, 0) is 13.0 Å². The Labute approximate surface area is 112 Å². The first-order chi connectivity index (χ1) is 7.77. The van der Waals surface area contributed by atoms with Crippen molar-refractivity contribution in [1.82, 2.24) is 16.0 Å². The molecule has 0 saturated heterocycles. The maximum Gasteiger partial charge on any atom is 0.00791 e. The van der Waals surface area contributed by atoms with Crippen LogP contribution in [0.1, 0.15) is 56.0 Å². The quantitative estimate of drug-likeness (QED) is 0.514. The summed E-state index contributed by atoms with van der Waals surface area (Å²) < 4.78 is 0. The lowest BCUT2D eigenvalue weighted by Gasteiger charge is -2.09. The average Bonchev–Trinajstić information content (AvgIpc) is 2.29. The van der Waals surface area contributed by atoms with Gasteiger partial charge in [-0.3, -0.25) is 0 Å². The molecule has 0 aromatic heterocycles. The van der Waals surface area contributed by atoms with E-state index >= 15 is 0 Å². The predicted molar refractivity (Wildman–Crippen MR) is 87.8 cm³/mol. The zero-order chi connectivity index (χ0) is 12.6. The minimum Gasteiger partial charge on any atom is -0.315 e. The lowest BCUT2D eigenvalue weighted by atomic mass is 10.3. The van der Waals surface area contributed by atoms with Crippen molar-refractivity contribution in [1.29, 1.82) is 0 Å². The van der Waals surface area contributed by atoms with Gasteiger partial charge in [-0.2, -0.15) is 0 Å². The smallest absolute Gasteiger partial charge is 0.00791 e. The Bertz CT molecular complexity index is 124. The minimum atomic E-state index is 0. The fourth-order valence-corrected chi connectivity index (χ4v) is 1.18. The van der Waals surface area contributed by atoms with E-state index in [1.165, 1.54) is 12.8 Å². The van der Waals surface area contributed by atoms with Crippen molar-refractivity contribution in [3.05, 3.63) is 0 Å². The van der Waals surface area contributed by atoms with Crippen molar-refractivity contribution in [3.8, 4) is 0 Å². The van der Waals surface area contributed by atoms with Gasteiger partial charge in [0.25, 0.3) is 0 Å². The molecule has 3 N–H and O–H groups in total. The van der Waals surface area contributed by atoms with Gasteiger partial charge in [-0.25, -0.2) is 0 Å². The molecule has 0 radical (unpaired) electrons. The van der Waals surface area contributed by atoms with E-state index in [1.54, 1.807) is 0 Å². The molecule has 3 heteroatoms. The van der Waals surface area contributed by atoms with E-state index in [0.29, 0.717) is 6.04 Å². The van der Waals surface area contributed by atoms with Crippen LogP contribution in [0.2, 0.25) is 0 Å². The van der Waals surface area contributed by atoms with Crippen LogP contribution >= 0.6 is 0 Å². The van der Waals surface area contributed by atoms with Crippen LogP contribution in [-0.2, 0) is 0 Å². The molecule has 0 saturated carbocycles. The summed E-state index contributed by atoms with van der Waals surface area (Å²) in [6.07, 6.45) is 2.56. The lowest BCUT2D eigenvalue weighted by Crippen LogP contribution is -2.35. The molecule has 0 heterocycles. The summed E-state index contributed by atoms with van der Waals surface area (Å²) in [5, 5.41) is 10.2. The Balaban J connectivity index is -0.0000000391. The second-order valence-electron chi connectivity index (χ2n) is 3.96. The molecule has 0 bridgehead atoms. The standard InChI is InChI=1S/C11H27N3.C2H6.6H2/c1-4-5-6-12-7-8-13-9-10-14-11(2)3;1-2;;;;;;/h11-14H,4-10H2,1-3H3;1-2H3;6*1H. The zero-order valence-electron chi connectivity index (χ0n) is 12.0. The lowest BCUT2D eigenvalue weighted by molar-refractivity contribution is 0.542. The maximum atomic E-state index is 3.40. The highest BCUT2D eigenvalue weighted by Crippen LogP contribution is 1.80. The molecule has 3 nitrogen and oxygen atoms in total. The number of hydrogen-bond donors (Lipinski definition) is 3. The van der Waals surface area contributed by atoms with Crippen LogP contribution in [0.4, 0.5) is 0 Å². The molecule has 0 aromatic rings. The Kier molecular flexibility index (Phi) is 19.7. The van der Waals surface area contributed by atoms with Crippen molar-refractivity contribution in [2.75, 3.05) is 32.7 Å². The molecule has 0 amide bonds. The van der Waals surface area contributed by atoms with Crippen LogP contribution in [0.15, 0.2) is 0 Å². The van der Waals surface area contributed by atoms with E-state index in [9.17, 15) is 0 Å². The third kappa shape index (κ3) is 19.5. The van der Waals surface area contributed by atoms with Crippen molar-refractivity contribution >= 4 is 0 Å². The van der Waals surface area contributed by atoms with Crippen molar-refractivity contribution in [2.45, 2.75) is 53.5 Å². The van der Waals surface area contributed by atoms with E-state index in [2.05, 4.69) is 36.7 Å². The summed E-state index contributed by atoms with van der Waals surface area (Å²) in [6.45, 7) is 16.0. The van der Waals surface area contributed by atoms with Crippen molar-refractivity contribution < 1.29 is 8.56 Å². The highest BCUT2D eigenvalue weighted by atomic mass is 15.0. The summed E-state index contributed by atoms with van der Waals surface area (Å²) in [4.78, 5) is 0. The highest BCUT2D eigenvalue weighted by Gasteiger charge is 1.91. The largest absolute Gasteiger partial charge is 0.315 e. The van der Waals surface area contributed by atoms with Gasteiger partial charge in [0.2, 0.25) is 0 Å². The van der Waals surface area contributed by atoms with E-state index < -0.39 is 0 Å². The SMILES string of the molecule is CC.CCCCNCCNCCNC(C)C.[HH].[HH].[HH].[HH].[HH].[HH]. The fourth-order valence-electron chi connectivity index (χ4n) is 1.18. The molecule has 0 aliphatic carbocycles. The van der Waals surface area contributed by atoms with E-state index in [-0.39, 0.29) is 8.56 Å². The van der Waals surface area contributed by atoms with Crippen molar-refractivity contribution in [3.63, 3.8) is 0 Å². The van der Waals surface area contributed by atoms with Gasteiger partial charge in [0.1, 0.15) is 0 Å². The van der Waals surface area contributed by atoms with Gasteiger partial charge >= 0.3 is 0 Å². The molecular weight excluding hydrogens is 198 g/mol. The number of nitrogens with one attached hydrogen (secondary N) is 3. The van der Waals surface area contributed by atoms with Gasteiger partial charge in [0.15, 0.2) is 0 Å². The van der Waals surface area contributed by atoms with Crippen LogP contribution < -0.4 is 16.0 Å². The first-order valence-corrected chi connectivity index (χ1v) is 6.92. The second kappa shape index (κ2) is 17.3. The number of hydrogen-bond acceptors (Lipinski definition) is 3.